The van der Waals surface area contributed by atoms with Crippen molar-refractivity contribution < 1.29 is 19.1 Å². The van der Waals surface area contributed by atoms with Crippen LogP contribution in [0, 0.1) is 6.92 Å². The van der Waals surface area contributed by atoms with E-state index in [4.69, 9.17) is 4.74 Å². The van der Waals surface area contributed by atoms with Gasteiger partial charge in [-0.05, 0) is 54.5 Å². The number of hydrogen-bond donors (Lipinski definition) is 2. The first-order valence-corrected chi connectivity index (χ1v) is 10.1. The van der Waals surface area contributed by atoms with Crippen LogP contribution < -0.4 is 15.4 Å². The van der Waals surface area contributed by atoms with Crippen LogP contribution in [0.4, 0.5) is 5.69 Å². The third-order valence-corrected chi connectivity index (χ3v) is 4.50. The molecule has 2 N–H and O–H groups in total. The summed E-state index contributed by atoms with van der Waals surface area (Å²) in [5.74, 6) is -0.625. The molecule has 0 aliphatic carbocycles. The second-order valence-electron chi connectivity index (χ2n) is 7.24. The smallest absolute Gasteiger partial charge is 0.308 e. The quantitative estimate of drug-likeness (QED) is 0.330. The minimum Gasteiger partial charge on any atom is -0.427 e. The van der Waals surface area contributed by atoms with Gasteiger partial charge in [-0.15, -0.1) is 0 Å². The molecule has 0 fully saturated rings. The fraction of sp³-hybridized carbons (Fsp3) is 0.115. The molecule has 0 radical (unpaired) electrons. The van der Waals surface area contributed by atoms with E-state index in [0.29, 0.717) is 23.5 Å². The molecule has 2 amide bonds. The third-order valence-electron chi connectivity index (χ3n) is 4.50. The van der Waals surface area contributed by atoms with Gasteiger partial charge in [-0.1, -0.05) is 48.0 Å². The third kappa shape index (κ3) is 6.95. The molecule has 162 valence electrons. The van der Waals surface area contributed by atoms with Gasteiger partial charge >= 0.3 is 5.97 Å². The zero-order valence-electron chi connectivity index (χ0n) is 17.9. The van der Waals surface area contributed by atoms with Gasteiger partial charge in [0.2, 0.25) is 5.91 Å². The van der Waals surface area contributed by atoms with Crippen molar-refractivity contribution in [3.63, 3.8) is 0 Å². The van der Waals surface area contributed by atoms with Crippen molar-refractivity contribution in [3.05, 3.63) is 101 Å². The number of hydrogen-bond acceptors (Lipinski definition) is 4. The van der Waals surface area contributed by atoms with Gasteiger partial charge in [-0.25, -0.2) is 0 Å². The number of anilines is 1. The largest absolute Gasteiger partial charge is 0.427 e. The van der Waals surface area contributed by atoms with Gasteiger partial charge in [0.15, 0.2) is 0 Å². The molecule has 6 heteroatoms. The first kappa shape index (κ1) is 22.5. The highest BCUT2D eigenvalue weighted by atomic mass is 16.5. The van der Waals surface area contributed by atoms with Crippen molar-refractivity contribution >= 4 is 29.5 Å². The minimum atomic E-state index is -0.444. The maximum Gasteiger partial charge on any atom is 0.308 e. The number of aryl methyl sites for hydroxylation is 1. The Morgan fingerprint density at radius 2 is 1.69 bits per heavy atom. The van der Waals surface area contributed by atoms with Gasteiger partial charge in [-0.2, -0.15) is 0 Å². The summed E-state index contributed by atoms with van der Waals surface area (Å²) >= 11 is 0. The molecule has 0 bridgehead atoms. The number of ether oxygens (including phenoxy) is 1. The maximum atomic E-state index is 12.4. The van der Waals surface area contributed by atoms with E-state index in [2.05, 4.69) is 10.6 Å². The lowest BCUT2D eigenvalue weighted by molar-refractivity contribution is -0.131. The van der Waals surface area contributed by atoms with Crippen molar-refractivity contribution in [2.45, 2.75) is 20.4 Å². The van der Waals surface area contributed by atoms with Gasteiger partial charge in [0.05, 0.1) is 0 Å². The molecule has 0 spiro atoms. The molecule has 32 heavy (non-hydrogen) atoms. The molecule has 0 heterocycles. The second kappa shape index (κ2) is 10.7. The second-order valence-corrected chi connectivity index (χ2v) is 7.24. The molecule has 3 aromatic carbocycles. The van der Waals surface area contributed by atoms with E-state index in [1.54, 1.807) is 36.4 Å². The van der Waals surface area contributed by atoms with E-state index in [1.807, 2.05) is 43.3 Å². The molecule has 0 aliphatic heterocycles. The molecule has 0 saturated carbocycles. The van der Waals surface area contributed by atoms with Crippen LogP contribution in [-0.2, 0) is 16.1 Å². The summed E-state index contributed by atoms with van der Waals surface area (Å²) in [4.78, 5) is 35.6. The van der Waals surface area contributed by atoms with Crippen LogP contribution in [-0.4, -0.2) is 17.8 Å². The fourth-order valence-electron chi connectivity index (χ4n) is 2.99. The average molecular weight is 428 g/mol. The topological polar surface area (TPSA) is 84.5 Å². The summed E-state index contributed by atoms with van der Waals surface area (Å²) in [6.45, 7) is 3.62. The van der Waals surface area contributed by atoms with Crippen molar-refractivity contribution in [1.29, 1.82) is 0 Å². The summed E-state index contributed by atoms with van der Waals surface area (Å²) < 4.78 is 5.00. The van der Waals surface area contributed by atoms with E-state index < -0.39 is 5.97 Å². The molecule has 0 atom stereocenters. The van der Waals surface area contributed by atoms with E-state index in [9.17, 15) is 14.4 Å². The lowest BCUT2D eigenvalue weighted by atomic mass is 10.1. The van der Waals surface area contributed by atoms with Crippen LogP contribution in [0.1, 0.15) is 34.0 Å². The minimum absolute atomic E-state index is 0.222. The number of nitrogens with one attached hydrogen (secondary N) is 2. The van der Waals surface area contributed by atoms with E-state index in [0.717, 1.165) is 16.7 Å². The highest BCUT2D eigenvalue weighted by Gasteiger charge is 2.08. The molecule has 0 saturated heterocycles. The maximum absolute atomic E-state index is 12.4. The normalized spacial score (nSPS) is 10.6. The van der Waals surface area contributed by atoms with Crippen LogP contribution in [0.5, 0.6) is 5.75 Å². The Hall–Kier alpha value is -4.19. The van der Waals surface area contributed by atoms with Gasteiger partial charge in [0, 0.05) is 30.8 Å². The summed E-state index contributed by atoms with van der Waals surface area (Å²) in [6.07, 6.45) is 3.26. The predicted octanol–water partition coefficient (Wildman–Crippen LogP) is 4.50. The summed E-state index contributed by atoms with van der Waals surface area (Å²) in [5.41, 5.74) is 4.03. The molecule has 3 rings (SSSR count). The zero-order valence-corrected chi connectivity index (χ0v) is 17.9. The predicted molar refractivity (Wildman–Crippen MR) is 124 cm³/mol. The van der Waals surface area contributed by atoms with Gasteiger partial charge in [-0.3, -0.25) is 14.4 Å². The van der Waals surface area contributed by atoms with E-state index in [-0.39, 0.29) is 11.8 Å². The summed E-state index contributed by atoms with van der Waals surface area (Å²) in [7, 11) is 0. The molecule has 6 nitrogen and oxygen atoms in total. The van der Waals surface area contributed by atoms with Gasteiger partial charge in [0.1, 0.15) is 5.75 Å². The van der Waals surface area contributed by atoms with Crippen molar-refractivity contribution in [2.75, 3.05) is 5.32 Å². The Balaban J connectivity index is 1.51. The molecule has 0 aromatic heterocycles. The molecule has 0 unspecified atom stereocenters. The number of carbonyl (C=O) groups excluding carboxylic acids is 3. The average Bonchev–Trinajstić information content (AvgIpc) is 2.77. The highest BCUT2D eigenvalue weighted by molar-refractivity contribution is 6.02. The number of amides is 2. The Bertz CT molecular complexity index is 1150. The number of rotatable bonds is 7. The Kier molecular flexibility index (Phi) is 7.54. The first-order chi connectivity index (χ1) is 15.4. The number of esters is 1. The number of carbonyl (C=O) groups is 3. The number of benzene rings is 3. The van der Waals surface area contributed by atoms with E-state index in [1.165, 1.54) is 19.1 Å². The Morgan fingerprint density at radius 3 is 2.41 bits per heavy atom. The molecule has 0 aliphatic rings. The first-order valence-electron chi connectivity index (χ1n) is 10.1. The standard InChI is InChI=1S/C26H24N2O4/c1-18-5-3-6-20(15-18)11-14-25(30)28-23-12-9-21(10-13-23)17-27-26(31)22-7-4-8-24(16-22)32-19(2)29/h3-16H,17H2,1-2H3,(H,27,31)(H,28,30)/b14-11+. The van der Waals surface area contributed by atoms with Crippen molar-refractivity contribution in [1.82, 2.24) is 5.32 Å². The van der Waals surface area contributed by atoms with Crippen molar-refractivity contribution in [2.24, 2.45) is 0 Å². The zero-order chi connectivity index (χ0) is 22.9. The van der Waals surface area contributed by atoms with Gasteiger partial charge in [0.25, 0.3) is 5.91 Å². The highest BCUT2D eigenvalue weighted by Crippen LogP contribution is 2.14. The van der Waals surface area contributed by atoms with Crippen molar-refractivity contribution in [3.8, 4) is 5.75 Å². The fourth-order valence-corrected chi connectivity index (χ4v) is 2.99. The van der Waals surface area contributed by atoms with E-state index >= 15 is 0 Å². The SMILES string of the molecule is CC(=O)Oc1cccc(C(=O)NCc2ccc(NC(=O)/C=C/c3cccc(C)c3)cc2)c1. The Labute approximate surface area is 186 Å². The van der Waals surface area contributed by atoms with Crippen LogP contribution in [0.15, 0.2) is 78.9 Å². The molecule has 3 aromatic rings. The monoisotopic (exact) mass is 428 g/mol. The molecular formula is C26H24N2O4. The van der Waals surface area contributed by atoms with Crippen LogP contribution >= 0.6 is 0 Å². The summed E-state index contributed by atoms with van der Waals surface area (Å²) in [6, 6.07) is 21.5. The van der Waals surface area contributed by atoms with Crippen LogP contribution in [0.25, 0.3) is 6.08 Å². The lowest BCUT2D eigenvalue weighted by Gasteiger charge is -2.08. The van der Waals surface area contributed by atoms with Crippen LogP contribution in [0.3, 0.4) is 0 Å². The molecular weight excluding hydrogens is 404 g/mol. The van der Waals surface area contributed by atoms with Gasteiger partial charge < -0.3 is 15.4 Å². The lowest BCUT2D eigenvalue weighted by Crippen LogP contribution is -2.22. The Morgan fingerprint density at radius 1 is 0.938 bits per heavy atom. The summed E-state index contributed by atoms with van der Waals surface area (Å²) in [5, 5.41) is 5.63. The van der Waals surface area contributed by atoms with Crippen LogP contribution in [0.2, 0.25) is 0 Å².